The van der Waals surface area contributed by atoms with E-state index in [1.807, 2.05) is 31.2 Å². The van der Waals surface area contributed by atoms with E-state index in [9.17, 15) is 4.79 Å². The summed E-state index contributed by atoms with van der Waals surface area (Å²) < 4.78 is 16.0. The highest BCUT2D eigenvalue weighted by atomic mass is 16.7. The van der Waals surface area contributed by atoms with Crippen LogP contribution in [0.5, 0.6) is 17.2 Å². The van der Waals surface area contributed by atoms with Gasteiger partial charge in [-0.05, 0) is 50.2 Å². The van der Waals surface area contributed by atoms with Gasteiger partial charge in [0.1, 0.15) is 11.8 Å². The van der Waals surface area contributed by atoms with Crippen molar-refractivity contribution in [1.82, 2.24) is 0 Å². The number of hydrogen-bond acceptors (Lipinski definition) is 5. The maximum absolute atomic E-state index is 12.3. The number of nitrogens with one attached hydrogen (secondary N) is 2. The van der Waals surface area contributed by atoms with E-state index in [1.165, 1.54) is 0 Å². The summed E-state index contributed by atoms with van der Waals surface area (Å²) in [7, 11) is 0. The van der Waals surface area contributed by atoms with Gasteiger partial charge in [-0.15, -0.1) is 0 Å². The van der Waals surface area contributed by atoms with Crippen LogP contribution in [-0.4, -0.2) is 25.3 Å². The van der Waals surface area contributed by atoms with E-state index in [-0.39, 0.29) is 12.7 Å². The van der Waals surface area contributed by atoms with Crippen LogP contribution in [0.4, 0.5) is 11.4 Å². The number of carbonyl (C=O) groups is 1. The van der Waals surface area contributed by atoms with E-state index < -0.39 is 6.04 Å². The molecule has 1 heterocycles. The summed E-state index contributed by atoms with van der Waals surface area (Å²) in [6.45, 7) is 4.58. The molecule has 1 aliphatic heterocycles. The van der Waals surface area contributed by atoms with Crippen LogP contribution >= 0.6 is 0 Å². The first kappa shape index (κ1) is 16.0. The van der Waals surface area contributed by atoms with E-state index in [0.29, 0.717) is 23.8 Å². The molecule has 1 aliphatic rings. The van der Waals surface area contributed by atoms with Crippen molar-refractivity contribution in [2.24, 2.45) is 0 Å². The van der Waals surface area contributed by atoms with Gasteiger partial charge in [0.15, 0.2) is 11.5 Å². The Morgan fingerprint density at radius 3 is 2.58 bits per heavy atom. The average molecular weight is 328 g/mol. The van der Waals surface area contributed by atoms with Crippen LogP contribution in [0.15, 0.2) is 42.5 Å². The largest absolute Gasteiger partial charge is 0.494 e. The molecule has 24 heavy (non-hydrogen) atoms. The molecule has 1 unspecified atom stereocenters. The summed E-state index contributed by atoms with van der Waals surface area (Å²) in [4.78, 5) is 12.3. The van der Waals surface area contributed by atoms with Crippen LogP contribution in [0.3, 0.4) is 0 Å². The molecule has 0 aromatic heterocycles. The van der Waals surface area contributed by atoms with E-state index in [1.54, 1.807) is 25.1 Å². The van der Waals surface area contributed by atoms with Gasteiger partial charge in [-0.1, -0.05) is 0 Å². The Bertz CT molecular complexity index is 715. The van der Waals surface area contributed by atoms with Gasteiger partial charge in [0.25, 0.3) is 0 Å². The number of fused-ring (bicyclic) bond motifs is 1. The van der Waals surface area contributed by atoms with E-state index in [2.05, 4.69) is 10.6 Å². The lowest BCUT2D eigenvalue weighted by Gasteiger charge is -2.16. The Morgan fingerprint density at radius 2 is 1.83 bits per heavy atom. The third-order valence-electron chi connectivity index (χ3n) is 3.58. The standard InChI is InChI=1S/C18H20N2O4/c1-3-22-15-7-4-13(5-8-15)19-12(2)18(21)20-14-6-9-16-17(10-14)24-11-23-16/h4-10,12,19H,3,11H2,1-2H3,(H,20,21). The van der Waals surface area contributed by atoms with Gasteiger partial charge >= 0.3 is 0 Å². The Balaban J connectivity index is 1.58. The molecule has 2 N–H and O–H groups in total. The van der Waals surface area contributed by atoms with Crippen molar-refractivity contribution in [3.8, 4) is 17.2 Å². The van der Waals surface area contributed by atoms with E-state index >= 15 is 0 Å². The number of amides is 1. The molecule has 0 bridgehead atoms. The molecular formula is C18H20N2O4. The Hall–Kier alpha value is -2.89. The molecule has 6 heteroatoms. The Labute approximate surface area is 140 Å². The van der Waals surface area contributed by atoms with Crippen LogP contribution in [-0.2, 0) is 4.79 Å². The number of carbonyl (C=O) groups excluding carboxylic acids is 1. The quantitative estimate of drug-likeness (QED) is 0.852. The second kappa shape index (κ2) is 7.12. The van der Waals surface area contributed by atoms with Gasteiger partial charge < -0.3 is 24.8 Å². The zero-order valence-corrected chi connectivity index (χ0v) is 13.7. The van der Waals surface area contributed by atoms with Crippen LogP contribution in [0, 0.1) is 0 Å². The van der Waals surface area contributed by atoms with Gasteiger partial charge in [0.2, 0.25) is 12.7 Å². The minimum Gasteiger partial charge on any atom is -0.494 e. The van der Waals surface area contributed by atoms with Crippen molar-refractivity contribution in [2.45, 2.75) is 19.9 Å². The van der Waals surface area contributed by atoms with Crippen molar-refractivity contribution >= 4 is 17.3 Å². The summed E-state index contributed by atoms with van der Waals surface area (Å²) in [5.74, 6) is 2.00. The van der Waals surface area contributed by atoms with Gasteiger partial charge in [-0.25, -0.2) is 0 Å². The van der Waals surface area contributed by atoms with Gasteiger partial charge in [0, 0.05) is 17.4 Å². The van der Waals surface area contributed by atoms with Crippen molar-refractivity contribution in [3.05, 3.63) is 42.5 Å². The van der Waals surface area contributed by atoms with Gasteiger partial charge in [0.05, 0.1) is 6.61 Å². The minimum atomic E-state index is -0.395. The van der Waals surface area contributed by atoms with Crippen LogP contribution < -0.4 is 24.8 Å². The SMILES string of the molecule is CCOc1ccc(NC(C)C(=O)Nc2ccc3c(c2)OCO3)cc1. The number of ether oxygens (including phenoxy) is 3. The lowest BCUT2D eigenvalue weighted by Crippen LogP contribution is -2.31. The first-order valence-corrected chi connectivity index (χ1v) is 7.85. The summed E-state index contributed by atoms with van der Waals surface area (Å²) in [6.07, 6.45) is 0. The van der Waals surface area contributed by atoms with E-state index in [4.69, 9.17) is 14.2 Å². The molecule has 126 valence electrons. The third-order valence-corrected chi connectivity index (χ3v) is 3.58. The predicted octanol–water partition coefficient (Wildman–Crippen LogP) is 3.25. The molecule has 6 nitrogen and oxygen atoms in total. The average Bonchev–Trinajstić information content (AvgIpc) is 3.04. The number of rotatable bonds is 6. The summed E-state index contributed by atoms with van der Waals surface area (Å²) in [6, 6.07) is 12.4. The van der Waals surface area contributed by atoms with Crippen LogP contribution in [0.1, 0.15) is 13.8 Å². The Kier molecular flexibility index (Phi) is 4.74. The summed E-state index contributed by atoms with van der Waals surface area (Å²) in [5.41, 5.74) is 1.52. The molecule has 2 aromatic rings. The van der Waals surface area contributed by atoms with Crippen LogP contribution in [0.2, 0.25) is 0 Å². The molecular weight excluding hydrogens is 308 g/mol. The van der Waals surface area contributed by atoms with Crippen molar-refractivity contribution in [3.63, 3.8) is 0 Å². The number of benzene rings is 2. The van der Waals surface area contributed by atoms with Crippen molar-refractivity contribution in [2.75, 3.05) is 24.0 Å². The maximum Gasteiger partial charge on any atom is 0.246 e. The molecule has 0 saturated carbocycles. The minimum absolute atomic E-state index is 0.136. The molecule has 1 atom stereocenters. The van der Waals surface area contributed by atoms with Crippen molar-refractivity contribution in [1.29, 1.82) is 0 Å². The molecule has 0 saturated heterocycles. The highest BCUT2D eigenvalue weighted by Gasteiger charge is 2.16. The molecule has 3 rings (SSSR count). The number of hydrogen-bond donors (Lipinski definition) is 2. The second-order valence-electron chi connectivity index (χ2n) is 5.38. The zero-order chi connectivity index (χ0) is 16.9. The molecule has 0 spiro atoms. The number of anilines is 2. The van der Waals surface area contributed by atoms with Gasteiger partial charge in [-0.3, -0.25) is 4.79 Å². The fraction of sp³-hybridized carbons (Fsp3) is 0.278. The Morgan fingerprint density at radius 1 is 1.12 bits per heavy atom. The molecule has 0 radical (unpaired) electrons. The maximum atomic E-state index is 12.3. The highest BCUT2D eigenvalue weighted by molar-refractivity contribution is 5.96. The zero-order valence-electron chi connectivity index (χ0n) is 13.7. The smallest absolute Gasteiger partial charge is 0.246 e. The summed E-state index contributed by atoms with van der Waals surface area (Å²) >= 11 is 0. The summed E-state index contributed by atoms with van der Waals surface area (Å²) in [5, 5.41) is 6.02. The van der Waals surface area contributed by atoms with Gasteiger partial charge in [-0.2, -0.15) is 0 Å². The first-order valence-electron chi connectivity index (χ1n) is 7.85. The predicted molar refractivity (Wildman–Crippen MR) is 91.9 cm³/mol. The fourth-order valence-corrected chi connectivity index (χ4v) is 2.35. The lowest BCUT2D eigenvalue weighted by molar-refractivity contribution is -0.116. The van der Waals surface area contributed by atoms with E-state index in [0.717, 1.165) is 11.4 Å². The van der Waals surface area contributed by atoms with Crippen molar-refractivity contribution < 1.29 is 19.0 Å². The molecule has 0 aliphatic carbocycles. The fourth-order valence-electron chi connectivity index (χ4n) is 2.35. The molecule has 2 aromatic carbocycles. The first-order chi connectivity index (χ1) is 11.7. The second-order valence-corrected chi connectivity index (χ2v) is 5.38. The third kappa shape index (κ3) is 3.71. The monoisotopic (exact) mass is 328 g/mol. The highest BCUT2D eigenvalue weighted by Crippen LogP contribution is 2.34. The molecule has 1 amide bonds. The normalized spacial score (nSPS) is 13.2. The topological polar surface area (TPSA) is 68.8 Å². The van der Waals surface area contributed by atoms with Crippen LogP contribution in [0.25, 0.3) is 0 Å². The molecule has 0 fully saturated rings. The lowest BCUT2D eigenvalue weighted by atomic mass is 10.2.